The molecule has 29 heavy (non-hydrogen) atoms. The topological polar surface area (TPSA) is 41.6 Å². The van der Waals surface area contributed by atoms with Crippen LogP contribution in [0.25, 0.3) is 0 Å². The Hall–Kier alpha value is -2.55. The molecule has 0 aliphatic heterocycles. The van der Waals surface area contributed by atoms with E-state index in [-0.39, 0.29) is 6.10 Å². The summed E-state index contributed by atoms with van der Waals surface area (Å²) in [5, 5.41) is 4.18. The summed E-state index contributed by atoms with van der Waals surface area (Å²) >= 11 is 0. The van der Waals surface area contributed by atoms with Crippen molar-refractivity contribution in [3.63, 3.8) is 0 Å². The van der Waals surface area contributed by atoms with Gasteiger partial charge in [-0.25, -0.2) is 0 Å². The van der Waals surface area contributed by atoms with Crippen molar-refractivity contribution in [3.05, 3.63) is 90.5 Å². The average Bonchev–Trinajstić information content (AvgIpc) is 2.73. The Balaban J connectivity index is 2.11. The molecule has 0 radical (unpaired) electrons. The van der Waals surface area contributed by atoms with Crippen molar-refractivity contribution in [3.8, 4) is 0 Å². The minimum atomic E-state index is -3.31. The molecule has 0 saturated heterocycles. The fourth-order valence-corrected chi connectivity index (χ4v) is 5.85. The first-order valence-corrected chi connectivity index (χ1v) is 11.5. The number of hydrogen-bond acceptors (Lipinski definition) is 4. The van der Waals surface area contributed by atoms with Gasteiger partial charge in [0.2, 0.25) is 0 Å². The van der Waals surface area contributed by atoms with E-state index in [1.54, 1.807) is 0 Å². The van der Waals surface area contributed by atoms with Gasteiger partial charge in [0.15, 0.2) is 0 Å². The summed E-state index contributed by atoms with van der Waals surface area (Å²) in [6.07, 6.45) is -0.182. The molecular weight excluding hydrogens is 379 g/mol. The van der Waals surface area contributed by atoms with Crippen molar-refractivity contribution in [2.75, 3.05) is 24.3 Å². The van der Waals surface area contributed by atoms with E-state index in [4.69, 9.17) is 4.52 Å². The molecule has 0 bridgehead atoms. The Kier molecular flexibility index (Phi) is 6.79. The molecule has 2 atom stereocenters. The van der Waals surface area contributed by atoms with Crippen molar-refractivity contribution < 1.29 is 9.09 Å². The van der Waals surface area contributed by atoms with E-state index in [0.717, 1.165) is 16.9 Å². The second-order valence-electron chi connectivity index (χ2n) is 7.49. The first-order valence-electron chi connectivity index (χ1n) is 9.83. The lowest BCUT2D eigenvalue weighted by atomic mass is 10.2. The van der Waals surface area contributed by atoms with E-state index in [1.807, 2.05) is 118 Å². The summed E-state index contributed by atoms with van der Waals surface area (Å²) in [4.78, 5) is 2.02. The second kappa shape index (κ2) is 9.30. The van der Waals surface area contributed by atoms with Gasteiger partial charge >= 0.3 is 0 Å². The van der Waals surface area contributed by atoms with Crippen LogP contribution in [0.5, 0.6) is 0 Å². The van der Waals surface area contributed by atoms with Crippen LogP contribution in [-0.2, 0) is 9.09 Å². The SMILES string of the molecule is CC(C)O[P@@](=O)(c1ccc(N(C)C)cc1)[C@@H](Nc1ccccc1)c1ccccc1. The van der Waals surface area contributed by atoms with Gasteiger partial charge in [-0.15, -0.1) is 0 Å². The minimum absolute atomic E-state index is 0.182. The van der Waals surface area contributed by atoms with Crippen LogP contribution in [0.1, 0.15) is 25.2 Å². The fourth-order valence-electron chi connectivity index (χ4n) is 3.23. The van der Waals surface area contributed by atoms with E-state index >= 15 is 0 Å². The van der Waals surface area contributed by atoms with Gasteiger partial charge in [0, 0.05) is 30.8 Å². The highest BCUT2D eigenvalue weighted by Gasteiger charge is 2.38. The predicted octanol–water partition coefficient (Wildman–Crippen LogP) is 5.89. The molecule has 0 fully saturated rings. The molecule has 0 aliphatic rings. The van der Waals surface area contributed by atoms with Gasteiger partial charge < -0.3 is 14.7 Å². The van der Waals surface area contributed by atoms with E-state index in [0.29, 0.717) is 5.30 Å². The molecular formula is C24H29N2O2P. The molecule has 152 valence electrons. The molecule has 0 unspecified atom stereocenters. The molecule has 1 N–H and O–H groups in total. The molecule has 3 rings (SSSR count). The summed E-state index contributed by atoms with van der Waals surface area (Å²) in [5.74, 6) is -0.501. The molecule has 0 aliphatic carbocycles. The molecule has 5 heteroatoms. The zero-order valence-electron chi connectivity index (χ0n) is 17.4. The quantitative estimate of drug-likeness (QED) is 0.472. The van der Waals surface area contributed by atoms with Gasteiger partial charge in [0.25, 0.3) is 7.37 Å². The van der Waals surface area contributed by atoms with Gasteiger partial charge in [0.05, 0.1) is 6.10 Å². The van der Waals surface area contributed by atoms with Crippen LogP contribution in [0.15, 0.2) is 84.9 Å². The highest BCUT2D eigenvalue weighted by molar-refractivity contribution is 7.67. The van der Waals surface area contributed by atoms with Crippen molar-refractivity contribution >= 4 is 24.0 Å². The largest absolute Gasteiger partial charge is 0.378 e. The Labute approximate surface area is 174 Å². The minimum Gasteiger partial charge on any atom is -0.378 e. The van der Waals surface area contributed by atoms with Crippen LogP contribution < -0.4 is 15.5 Å². The van der Waals surface area contributed by atoms with E-state index in [2.05, 4.69) is 5.32 Å². The third kappa shape index (κ3) is 5.09. The lowest BCUT2D eigenvalue weighted by molar-refractivity contribution is 0.245. The van der Waals surface area contributed by atoms with Crippen LogP contribution in [0.2, 0.25) is 0 Å². The Bertz CT molecular complexity index is 942. The number of anilines is 2. The zero-order valence-corrected chi connectivity index (χ0v) is 18.3. The van der Waals surface area contributed by atoms with Crippen LogP contribution >= 0.6 is 7.37 Å². The summed E-state index contributed by atoms with van der Waals surface area (Å²) in [6.45, 7) is 3.84. The van der Waals surface area contributed by atoms with Gasteiger partial charge in [-0.05, 0) is 55.8 Å². The third-order valence-electron chi connectivity index (χ3n) is 4.63. The summed E-state index contributed by atoms with van der Waals surface area (Å²) in [6, 6.07) is 27.5. The average molecular weight is 408 g/mol. The van der Waals surface area contributed by atoms with Crippen LogP contribution in [0, 0.1) is 0 Å². The summed E-state index contributed by atoms with van der Waals surface area (Å²) in [7, 11) is 0.673. The van der Waals surface area contributed by atoms with Gasteiger partial charge in [-0.3, -0.25) is 4.57 Å². The highest BCUT2D eigenvalue weighted by atomic mass is 31.2. The number of rotatable bonds is 8. The van der Waals surface area contributed by atoms with Gasteiger partial charge in [-0.2, -0.15) is 0 Å². The molecule has 0 heterocycles. The van der Waals surface area contributed by atoms with Crippen LogP contribution in [0.4, 0.5) is 11.4 Å². The van der Waals surface area contributed by atoms with E-state index in [1.165, 1.54) is 0 Å². The van der Waals surface area contributed by atoms with Crippen molar-refractivity contribution in [1.29, 1.82) is 0 Å². The smallest absolute Gasteiger partial charge is 0.258 e. The number of nitrogens with one attached hydrogen (secondary N) is 1. The van der Waals surface area contributed by atoms with E-state index < -0.39 is 13.2 Å². The predicted molar refractivity (Wildman–Crippen MR) is 123 cm³/mol. The van der Waals surface area contributed by atoms with Gasteiger partial charge in [0.1, 0.15) is 5.78 Å². The maximum Gasteiger partial charge on any atom is 0.258 e. The lowest BCUT2D eigenvalue weighted by Gasteiger charge is -2.31. The van der Waals surface area contributed by atoms with E-state index in [9.17, 15) is 4.57 Å². The van der Waals surface area contributed by atoms with Crippen molar-refractivity contribution in [2.45, 2.75) is 25.7 Å². The molecule has 4 nitrogen and oxygen atoms in total. The number of para-hydroxylation sites is 1. The van der Waals surface area contributed by atoms with Crippen molar-refractivity contribution in [2.24, 2.45) is 0 Å². The van der Waals surface area contributed by atoms with Crippen LogP contribution in [0.3, 0.4) is 0 Å². The first-order chi connectivity index (χ1) is 13.9. The second-order valence-corrected chi connectivity index (χ2v) is 9.92. The monoisotopic (exact) mass is 408 g/mol. The number of nitrogens with zero attached hydrogens (tertiary/aromatic N) is 1. The molecule has 0 amide bonds. The molecule has 0 spiro atoms. The maximum absolute atomic E-state index is 14.5. The standard InChI is InChI=1S/C24H29N2O2P/c1-19(2)28-29(27,23-17-15-22(16-18-23)26(3)4)24(20-11-7-5-8-12-20)25-21-13-9-6-10-14-21/h5-19,24-25H,1-4H3/t24-,29+/m1/s1. The zero-order chi connectivity index (χ0) is 20.9. The van der Waals surface area contributed by atoms with Gasteiger partial charge in [-0.1, -0.05) is 48.5 Å². The molecule has 3 aromatic rings. The molecule has 0 aromatic heterocycles. The fraction of sp³-hybridized carbons (Fsp3) is 0.250. The Morgan fingerprint density at radius 2 is 1.38 bits per heavy atom. The Morgan fingerprint density at radius 1 is 0.828 bits per heavy atom. The summed E-state index contributed by atoms with van der Waals surface area (Å²) in [5.41, 5.74) is 2.88. The number of hydrogen-bond donors (Lipinski definition) is 1. The van der Waals surface area contributed by atoms with Crippen LogP contribution in [-0.4, -0.2) is 20.2 Å². The third-order valence-corrected chi connectivity index (χ3v) is 7.49. The lowest BCUT2D eigenvalue weighted by Crippen LogP contribution is -2.22. The van der Waals surface area contributed by atoms with Crippen molar-refractivity contribution in [1.82, 2.24) is 0 Å². The normalized spacial score (nSPS) is 14.2. The highest BCUT2D eigenvalue weighted by Crippen LogP contribution is 2.59. The molecule has 0 saturated carbocycles. The summed E-state index contributed by atoms with van der Waals surface area (Å²) < 4.78 is 20.7. The Morgan fingerprint density at radius 3 is 1.90 bits per heavy atom. The first kappa shape index (κ1) is 21.2. The number of benzene rings is 3. The maximum atomic E-state index is 14.5. The molecule has 3 aromatic carbocycles.